The topological polar surface area (TPSA) is 49.2 Å². The molecular weight excluding hydrogens is 522 g/mol. The van der Waals surface area contributed by atoms with E-state index in [1.54, 1.807) is 60.2 Å². The third-order valence-corrected chi connectivity index (χ3v) is 6.33. The predicted molar refractivity (Wildman–Crippen MR) is 131 cm³/mol. The molecular formula is C24H18Cl2F3N3O2S. The van der Waals surface area contributed by atoms with Gasteiger partial charge in [0.15, 0.2) is 11.0 Å². The van der Waals surface area contributed by atoms with Crippen LogP contribution in [0.1, 0.15) is 5.56 Å². The van der Waals surface area contributed by atoms with E-state index in [-0.39, 0.29) is 10.7 Å². The van der Waals surface area contributed by atoms with Crippen LogP contribution in [0.3, 0.4) is 0 Å². The van der Waals surface area contributed by atoms with Gasteiger partial charge in [0, 0.05) is 16.3 Å². The number of methoxy groups -OCH3 is 1. The third kappa shape index (κ3) is 6.04. The molecule has 182 valence electrons. The summed E-state index contributed by atoms with van der Waals surface area (Å²) in [7, 11) is 1.58. The second-order valence-electron chi connectivity index (χ2n) is 7.19. The Morgan fingerprint density at radius 3 is 2.37 bits per heavy atom. The summed E-state index contributed by atoms with van der Waals surface area (Å²) < 4.78 is 53.0. The largest absolute Gasteiger partial charge is 0.497 e. The van der Waals surface area contributed by atoms with E-state index in [9.17, 15) is 13.2 Å². The predicted octanol–water partition coefficient (Wildman–Crippen LogP) is 7.44. The van der Waals surface area contributed by atoms with Crippen molar-refractivity contribution in [2.24, 2.45) is 0 Å². The van der Waals surface area contributed by atoms with Crippen molar-refractivity contribution in [1.82, 2.24) is 14.8 Å². The average Bonchev–Trinajstić information content (AvgIpc) is 3.26. The van der Waals surface area contributed by atoms with E-state index < -0.39 is 11.7 Å². The number of benzene rings is 3. The first kappa shape index (κ1) is 25.2. The monoisotopic (exact) mass is 539 g/mol. The van der Waals surface area contributed by atoms with Crippen LogP contribution >= 0.6 is 35.0 Å². The van der Waals surface area contributed by atoms with Gasteiger partial charge in [0.2, 0.25) is 0 Å². The molecule has 5 nitrogen and oxygen atoms in total. The molecule has 3 aromatic carbocycles. The number of hydrogen-bond acceptors (Lipinski definition) is 5. The number of aromatic nitrogens is 3. The Hall–Kier alpha value is -2.88. The van der Waals surface area contributed by atoms with Crippen LogP contribution in [-0.4, -0.2) is 34.2 Å². The number of rotatable bonds is 8. The number of ether oxygens (including phenoxy) is 2. The van der Waals surface area contributed by atoms with Crippen LogP contribution < -0.4 is 9.47 Å². The molecule has 0 aliphatic rings. The Morgan fingerprint density at radius 1 is 0.943 bits per heavy atom. The molecule has 1 aromatic heterocycles. The van der Waals surface area contributed by atoms with Crippen molar-refractivity contribution < 1.29 is 22.6 Å². The standard InChI is InChI=1S/C24H18Cl2F3N3O2S/c1-33-18-6-8-19(9-7-18)34-11-12-35-23-31-30-22(15-3-2-4-16(25)13-15)32(23)17-5-10-21(26)20(14-17)24(27,28)29/h2-10,13-14H,11-12H2,1H3. The lowest BCUT2D eigenvalue weighted by atomic mass is 10.1. The summed E-state index contributed by atoms with van der Waals surface area (Å²) >= 11 is 13.3. The van der Waals surface area contributed by atoms with Gasteiger partial charge in [-0.3, -0.25) is 4.57 Å². The summed E-state index contributed by atoms with van der Waals surface area (Å²) in [5.41, 5.74) is -0.115. The zero-order valence-electron chi connectivity index (χ0n) is 18.2. The van der Waals surface area contributed by atoms with Gasteiger partial charge >= 0.3 is 6.18 Å². The molecule has 0 aliphatic carbocycles. The highest BCUT2D eigenvalue weighted by Gasteiger charge is 2.34. The molecule has 0 saturated carbocycles. The lowest BCUT2D eigenvalue weighted by molar-refractivity contribution is -0.137. The van der Waals surface area contributed by atoms with Gasteiger partial charge in [-0.2, -0.15) is 13.2 Å². The van der Waals surface area contributed by atoms with E-state index in [0.717, 1.165) is 11.8 Å². The number of alkyl halides is 3. The number of nitrogens with zero attached hydrogens (tertiary/aromatic N) is 3. The molecule has 0 unspecified atom stereocenters. The first-order valence-corrected chi connectivity index (χ1v) is 12.0. The molecule has 0 saturated heterocycles. The molecule has 4 rings (SSSR count). The summed E-state index contributed by atoms with van der Waals surface area (Å²) in [6.07, 6.45) is -4.61. The van der Waals surface area contributed by atoms with Crippen molar-refractivity contribution in [2.75, 3.05) is 19.5 Å². The molecule has 0 fully saturated rings. The normalized spacial score (nSPS) is 11.5. The van der Waals surface area contributed by atoms with Gasteiger partial charge in [0.05, 0.1) is 30.0 Å². The number of hydrogen-bond donors (Lipinski definition) is 0. The third-order valence-electron chi connectivity index (χ3n) is 4.87. The second-order valence-corrected chi connectivity index (χ2v) is 9.09. The number of thioether (sulfide) groups is 1. The summed E-state index contributed by atoms with van der Waals surface area (Å²) in [4.78, 5) is 0. The minimum absolute atomic E-state index is 0.222. The molecule has 0 aliphatic heterocycles. The molecule has 11 heteroatoms. The molecule has 0 spiro atoms. The van der Waals surface area contributed by atoms with E-state index in [4.69, 9.17) is 32.7 Å². The zero-order chi connectivity index (χ0) is 25.0. The van der Waals surface area contributed by atoms with Crippen molar-refractivity contribution in [3.05, 3.63) is 82.3 Å². The van der Waals surface area contributed by atoms with Crippen molar-refractivity contribution in [1.29, 1.82) is 0 Å². The maximum atomic E-state index is 13.5. The maximum Gasteiger partial charge on any atom is 0.417 e. The Morgan fingerprint density at radius 2 is 1.69 bits per heavy atom. The highest BCUT2D eigenvalue weighted by atomic mass is 35.5. The molecule has 4 aromatic rings. The minimum Gasteiger partial charge on any atom is -0.497 e. The number of halogens is 5. The van der Waals surface area contributed by atoms with Crippen molar-refractivity contribution in [3.8, 4) is 28.6 Å². The summed E-state index contributed by atoms with van der Waals surface area (Å²) in [5.74, 6) is 2.20. The van der Waals surface area contributed by atoms with Crippen molar-refractivity contribution in [3.63, 3.8) is 0 Å². The maximum absolute atomic E-state index is 13.5. The van der Waals surface area contributed by atoms with Crippen LogP contribution in [0.2, 0.25) is 10.0 Å². The Labute approximate surface area is 213 Å². The fourth-order valence-electron chi connectivity index (χ4n) is 3.24. The highest BCUT2D eigenvalue weighted by Crippen LogP contribution is 2.37. The highest BCUT2D eigenvalue weighted by molar-refractivity contribution is 7.99. The molecule has 0 atom stereocenters. The quantitative estimate of drug-likeness (QED) is 0.172. The van der Waals surface area contributed by atoms with Crippen LogP contribution in [-0.2, 0) is 6.18 Å². The van der Waals surface area contributed by atoms with Gasteiger partial charge in [0.25, 0.3) is 0 Å². The van der Waals surface area contributed by atoms with Crippen LogP contribution in [0, 0.1) is 0 Å². The molecule has 0 amide bonds. The SMILES string of the molecule is COc1ccc(OCCSc2nnc(-c3cccc(Cl)c3)n2-c2ccc(Cl)c(C(F)(F)F)c2)cc1. The second kappa shape index (κ2) is 10.8. The first-order chi connectivity index (χ1) is 16.8. The zero-order valence-corrected chi connectivity index (χ0v) is 20.5. The van der Waals surface area contributed by atoms with Crippen LogP contribution in [0.15, 0.2) is 71.9 Å². The van der Waals surface area contributed by atoms with Crippen molar-refractivity contribution >= 4 is 35.0 Å². The Bertz CT molecular complexity index is 1310. The first-order valence-electron chi connectivity index (χ1n) is 10.2. The van der Waals surface area contributed by atoms with Gasteiger partial charge in [-0.15, -0.1) is 10.2 Å². The molecule has 0 bridgehead atoms. The van der Waals surface area contributed by atoms with E-state index in [1.807, 2.05) is 0 Å². The Kier molecular flexibility index (Phi) is 7.78. The van der Waals surface area contributed by atoms with Crippen molar-refractivity contribution in [2.45, 2.75) is 11.3 Å². The van der Waals surface area contributed by atoms with E-state index >= 15 is 0 Å². The van der Waals surface area contributed by atoms with Gasteiger partial charge in [-0.1, -0.05) is 47.1 Å². The molecule has 35 heavy (non-hydrogen) atoms. The fraction of sp³-hybridized carbons (Fsp3) is 0.167. The van der Waals surface area contributed by atoms with Gasteiger partial charge in [-0.05, 0) is 54.6 Å². The Balaban J connectivity index is 1.62. The smallest absolute Gasteiger partial charge is 0.417 e. The summed E-state index contributed by atoms with van der Waals surface area (Å²) in [6, 6.07) is 17.7. The molecule has 1 heterocycles. The minimum atomic E-state index is -4.61. The molecule has 0 radical (unpaired) electrons. The molecule has 0 N–H and O–H groups in total. The average molecular weight is 540 g/mol. The summed E-state index contributed by atoms with van der Waals surface area (Å²) in [5, 5.41) is 8.94. The van der Waals surface area contributed by atoms with Gasteiger partial charge < -0.3 is 9.47 Å². The summed E-state index contributed by atoms with van der Waals surface area (Å²) in [6.45, 7) is 0.338. The van der Waals surface area contributed by atoms with Gasteiger partial charge in [-0.25, -0.2) is 0 Å². The van der Waals surface area contributed by atoms with E-state index in [1.165, 1.54) is 23.9 Å². The lowest BCUT2D eigenvalue weighted by Gasteiger charge is -2.14. The van der Waals surface area contributed by atoms with Crippen LogP contribution in [0.4, 0.5) is 13.2 Å². The van der Waals surface area contributed by atoms with Gasteiger partial charge in [0.1, 0.15) is 11.5 Å². The fourth-order valence-corrected chi connectivity index (χ4v) is 4.43. The van der Waals surface area contributed by atoms with Crippen LogP contribution in [0.5, 0.6) is 11.5 Å². The van der Waals surface area contributed by atoms with Crippen LogP contribution in [0.25, 0.3) is 17.1 Å². The lowest BCUT2D eigenvalue weighted by Crippen LogP contribution is -2.08. The van der Waals surface area contributed by atoms with E-state index in [0.29, 0.717) is 39.7 Å². The van der Waals surface area contributed by atoms with E-state index in [2.05, 4.69) is 10.2 Å².